The molecule has 0 aromatic carbocycles. The lowest BCUT2D eigenvalue weighted by Crippen LogP contribution is -2.49. The van der Waals surface area contributed by atoms with Gasteiger partial charge >= 0.3 is 5.97 Å². The maximum atomic E-state index is 10.7. The van der Waals surface area contributed by atoms with Crippen LogP contribution in [0.3, 0.4) is 0 Å². The van der Waals surface area contributed by atoms with Crippen molar-refractivity contribution in [2.75, 3.05) is 32.8 Å². The van der Waals surface area contributed by atoms with Crippen molar-refractivity contribution in [3.05, 3.63) is 11.9 Å². The molecule has 0 amide bonds. The lowest BCUT2D eigenvalue weighted by molar-refractivity contribution is 0.0688. The first-order valence-corrected chi connectivity index (χ1v) is 6.17. The van der Waals surface area contributed by atoms with Gasteiger partial charge in [0.1, 0.15) is 0 Å². The highest BCUT2D eigenvalue weighted by Crippen LogP contribution is 2.23. The van der Waals surface area contributed by atoms with Gasteiger partial charge in [0.25, 0.3) is 0 Å². The number of rotatable bonds is 4. The summed E-state index contributed by atoms with van der Waals surface area (Å²) in [6.07, 6.45) is 2.65. The van der Waals surface area contributed by atoms with Gasteiger partial charge in [-0.15, -0.1) is 5.10 Å². The smallest absolute Gasteiger partial charge is 0.358 e. The molecule has 3 heterocycles. The molecule has 18 heavy (non-hydrogen) atoms. The van der Waals surface area contributed by atoms with Gasteiger partial charge in [-0.1, -0.05) is 5.21 Å². The van der Waals surface area contributed by atoms with E-state index in [1.165, 1.54) is 6.20 Å². The molecule has 1 aromatic heterocycles. The highest BCUT2D eigenvalue weighted by molar-refractivity contribution is 5.84. The summed E-state index contributed by atoms with van der Waals surface area (Å²) in [5.74, 6) is -0.378. The van der Waals surface area contributed by atoms with E-state index in [0.29, 0.717) is 5.92 Å². The molecule has 2 aliphatic heterocycles. The molecular weight excluding hydrogens is 236 g/mol. The third kappa shape index (κ3) is 2.23. The van der Waals surface area contributed by atoms with Crippen LogP contribution in [0.5, 0.6) is 0 Å². The molecule has 1 aromatic rings. The summed E-state index contributed by atoms with van der Waals surface area (Å²) in [5.41, 5.74) is 0.0117. The van der Waals surface area contributed by atoms with E-state index in [4.69, 9.17) is 9.84 Å². The molecule has 0 bridgehead atoms. The Balaban J connectivity index is 1.50. The molecule has 7 nitrogen and oxygen atoms in total. The standard InChI is InChI=1S/C11H16N4O3/c16-11(17)10-6-15(13-12-10)9-4-14(5-9)3-8-1-2-18-7-8/h6,8-9H,1-5,7H2,(H,16,17). The van der Waals surface area contributed by atoms with Crippen molar-refractivity contribution in [1.82, 2.24) is 19.9 Å². The van der Waals surface area contributed by atoms with Crippen LogP contribution in [0.1, 0.15) is 23.0 Å². The van der Waals surface area contributed by atoms with Crippen molar-refractivity contribution < 1.29 is 14.6 Å². The summed E-state index contributed by atoms with van der Waals surface area (Å²) in [7, 11) is 0. The van der Waals surface area contributed by atoms with Crippen LogP contribution < -0.4 is 0 Å². The van der Waals surface area contributed by atoms with Crippen LogP contribution in [0.15, 0.2) is 6.20 Å². The Hall–Kier alpha value is -1.47. The first kappa shape index (κ1) is 11.6. The third-order valence-electron chi connectivity index (χ3n) is 3.58. The number of nitrogens with zero attached hydrogens (tertiary/aromatic N) is 4. The Morgan fingerprint density at radius 1 is 1.56 bits per heavy atom. The number of ether oxygens (including phenoxy) is 1. The number of carboxylic acid groups (broad SMARTS) is 1. The minimum atomic E-state index is -1.03. The summed E-state index contributed by atoms with van der Waals surface area (Å²) in [5, 5.41) is 16.3. The van der Waals surface area contributed by atoms with Crippen LogP contribution in [0.25, 0.3) is 0 Å². The van der Waals surface area contributed by atoms with Gasteiger partial charge < -0.3 is 9.84 Å². The predicted molar refractivity (Wildman–Crippen MR) is 61.4 cm³/mol. The van der Waals surface area contributed by atoms with Crippen molar-refractivity contribution in [2.24, 2.45) is 5.92 Å². The monoisotopic (exact) mass is 252 g/mol. The van der Waals surface area contributed by atoms with E-state index in [1.807, 2.05) is 0 Å². The Morgan fingerprint density at radius 3 is 3.00 bits per heavy atom. The summed E-state index contributed by atoms with van der Waals surface area (Å²) in [6, 6.07) is 0.257. The molecule has 98 valence electrons. The topological polar surface area (TPSA) is 80.5 Å². The number of hydrogen-bond donors (Lipinski definition) is 1. The van der Waals surface area contributed by atoms with Crippen molar-refractivity contribution in [2.45, 2.75) is 12.5 Å². The Kier molecular flexibility index (Phi) is 3.00. The fourth-order valence-corrected chi connectivity index (χ4v) is 2.50. The molecule has 2 aliphatic rings. The predicted octanol–water partition coefficient (Wildman–Crippen LogP) is -0.130. The second-order valence-corrected chi connectivity index (χ2v) is 4.99. The van der Waals surface area contributed by atoms with Crippen LogP contribution >= 0.6 is 0 Å². The van der Waals surface area contributed by atoms with Crippen LogP contribution in [0.4, 0.5) is 0 Å². The van der Waals surface area contributed by atoms with Gasteiger partial charge in [0.2, 0.25) is 0 Å². The maximum Gasteiger partial charge on any atom is 0.358 e. The van der Waals surface area contributed by atoms with Gasteiger partial charge in [-0.2, -0.15) is 0 Å². The van der Waals surface area contributed by atoms with Crippen LogP contribution in [0.2, 0.25) is 0 Å². The molecule has 1 unspecified atom stereocenters. The largest absolute Gasteiger partial charge is 0.476 e. The van der Waals surface area contributed by atoms with Crippen molar-refractivity contribution in [1.29, 1.82) is 0 Å². The van der Waals surface area contributed by atoms with E-state index < -0.39 is 5.97 Å². The normalized spacial score (nSPS) is 25.2. The molecule has 0 saturated carbocycles. The zero-order valence-corrected chi connectivity index (χ0v) is 10.0. The fraction of sp³-hybridized carbons (Fsp3) is 0.727. The van der Waals surface area contributed by atoms with E-state index in [0.717, 1.165) is 39.3 Å². The molecule has 2 saturated heterocycles. The number of carbonyl (C=O) groups is 1. The molecule has 0 spiro atoms. The highest BCUT2D eigenvalue weighted by Gasteiger charge is 2.32. The second kappa shape index (κ2) is 4.66. The molecule has 1 atom stereocenters. The summed E-state index contributed by atoms with van der Waals surface area (Å²) >= 11 is 0. The lowest BCUT2D eigenvalue weighted by atomic mass is 10.0. The van der Waals surface area contributed by atoms with Crippen molar-refractivity contribution in [3.63, 3.8) is 0 Å². The number of aromatic carboxylic acids is 1. The molecule has 3 rings (SSSR count). The summed E-state index contributed by atoms with van der Waals surface area (Å²) < 4.78 is 7.01. The summed E-state index contributed by atoms with van der Waals surface area (Å²) in [4.78, 5) is 13.1. The number of carboxylic acids is 1. The molecular formula is C11H16N4O3. The number of hydrogen-bond acceptors (Lipinski definition) is 5. The molecule has 2 fully saturated rings. The van der Waals surface area contributed by atoms with E-state index in [2.05, 4.69) is 15.2 Å². The van der Waals surface area contributed by atoms with E-state index in [1.54, 1.807) is 4.68 Å². The fourth-order valence-electron chi connectivity index (χ4n) is 2.50. The average Bonchev–Trinajstić information content (AvgIpc) is 2.94. The third-order valence-corrected chi connectivity index (χ3v) is 3.58. The van der Waals surface area contributed by atoms with Crippen LogP contribution in [0, 0.1) is 5.92 Å². The maximum absolute atomic E-state index is 10.7. The Labute approximate surface area is 104 Å². The van der Waals surface area contributed by atoms with Gasteiger partial charge in [0, 0.05) is 26.2 Å². The molecule has 1 N–H and O–H groups in total. The first-order valence-electron chi connectivity index (χ1n) is 6.17. The average molecular weight is 252 g/mol. The SMILES string of the molecule is O=C(O)c1cn(C2CN(CC3CCOC3)C2)nn1. The van der Waals surface area contributed by atoms with E-state index in [-0.39, 0.29) is 11.7 Å². The minimum absolute atomic E-state index is 0.0117. The van der Waals surface area contributed by atoms with E-state index in [9.17, 15) is 4.79 Å². The van der Waals surface area contributed by atoms with Gasteiger partial charge in [0.15, 0.2) is 5.69 Å². The van der Waals surface area contributed by atoms with Crippen LogP contribution in [-0.4, -0.2) is 63.8 Å². The van der Waals surface area contributed by atoms with Crippen LogP contribution in [-0.2, 0) is 4.74 Å². The lowest BCUT2D eigenvalue weighted by Gasteiger charge is -2.40. The second-order valence-electron chi connectivity index (χ2n) is 4.99. The zero-order chi connectivity index (χ0) is 12.5. The van der Waals surface area contributed by atoms with Crippen molar-refractivity contribution >= 4 is 5.97 Å². The van der Waals surface area contributed by atoms with Gasteiger partial charge in [-0.25, -0.2) is 9.48 Å². The minimum Gasteiger partial charge on any atom is -0.476 e. The highest BCUT2D eigenvalue weighted by atomic mass is 16.5. The summed E-state index contributed by atoms with van der Waals surface area (Å²) in [6.45, 7) is 4.65. The van der Waals surface area contributed by atoms with Gasteiger partial charge in [-0.3, -0.25) is 4.90 Å². The first-order chi connectivity index (χ1) is 8.72. The molecule has 7 heteroatoms. The quantitative estimate of drug-likeness (QED) is 0.804. The van der Waals surface area contributed by atoms with Crippen molar-refractivity contribution in [3.8, 4) is 0 Å². The Morgan fingerprint density at radius 2 is 2.39 bits per heavy atom. The Bertz CT molecular complexity index is 435. The number of aromatic nitrogens is 3. The number of likely N-dealkylation sites (tertiary alicyclic amines) is 1. The van der Waals surface area contributed by atoms with Gasteiger partial charge in [0.05, 0.1) is 18.8 Å². The molecule has 0 radical (unpaired) electrons. The zero-order valence-electron chi connectivity index (χ0n) is 10.0. The molecule has 0 aliphatic carbocycles. The van der Waals surface area contributed by atoms with E-state index >= 15 is 0 Å². The van der Waals surface area contributed by atoms with Gasteiger partial charge in [-0.05, 0) is 12.3 Å².